The second kappa shape index (κ2) is 3.70. The minimum atomic E-state index is 0.316. The molecule has 0 aromatic carbocycles. The van der Waals surface area contributed by atoms with Crippen molar-refractivity contribution in [1.29, 1.82) is 0 Å². The van der Waals surface area contributed by atoms with Gasteiger partial charge >= 0.3 is 0 Å². The Bertz CT molecular complexity index is 235. The molecule has 1 saturated carbocycles. The van der Waals surface area contributed by atoms with Crippen LogP contribution in [0.2, 0.25) is 0 Å². The minimum absolute atomic E-state index is 0.316. The number of hydrogen-bond donors (Lipinski definition) is 0. The van der Waals surface area contributed by atoms with Crippen LogP contribution in [-0.4, -0.2) is 5.78 Å². The van der Waals surface area contributed by atoms with Crippen molar-refractivity contribution in [2.45, 2.75) is 33.1 Å². The van der Waals surface area contributed by atoms with Crippen LogP contribution in [0.3, 0.4) is 0 Å². The summed E-state index contributed by atoms with van der Waals surface area (Å²) < 4.78 is 0. The molecule has 66 valence electrons. The summed E-state index contributed by atoms with van der Waals surface area (Å²) in [6.07, 6.45) is 4.79. The standard InChI is InChI=1S/C11H16O/c1-4-9-10(8(2)3)6-5-7-11(9)12/h4,10H,2,5-7H2,1,3H3/b9-4+. The zero-order chi connectivity index (χ0) is 9.14. The van der Waals surface area contributed by atoms with Crippen molar-refractivity contribution >= 4 is 5.78 Å². The molecule has 1 aliphatic carbocycles. The molecule has 0 N–H and O–H groups in total. The van der Waals surface area contributed by atoms with Crippen molar-refractivity contribution in [2.24, 2.45) is 5.92 Å². The molecule has 0 aliphatic heterocycles. The predicted molar refractivity (Wildman–Crippen MR) is 50.9 cm³/mol. The normalized spacial score (nSPS) is 27.7. The Hall–Kier alpha value is -0.850. The molecular formula is C11H16O. The molecule has 1 atom stereocenters. The lowest BCUT2D eigenvalue weighted by Crippen LogP contribution is -2.19. The lowest BCUT2D eigenvalue weighted by atomic mass is 9.80. The van der Waals surface area contributed by atoms with E-state index in [-0.39, 0.29) is 0 Å². The summed E-state index contributed by atoms with van der Waals surface area (Å²) in [6.45, 7) is 7.86. The first-order valence-corrected chi connectivity index (χ1v) is 4.51. The van der Waals surface area contributed by atoms with E-state index in [4.69, 9.17) is 0 Å². The molecule has 1 heteroatoms. The highest BCUT2D eigenvalue weighted by atomic mass is 16.1. The van der Waals surface area contributed by atoms with Crippen molar-refractivity contribution in [3.63, 3.8) is 0 Å². The summed E-state index contributed by atoms with van der Waals surface area (Å²) in [5.41, 5.74) is 2.10. The lowest BCUT2D eigenvalue weighted by molar-refractivity contribution is -0.116. The van der Waals surface area contributed by atoms with Crippen LogP contribution >= 0.6 is 0 Å². The molecule has 1 nitrogen and oxygen atoms in total. The van der Waals surface area contributed by atoms with E-state index < -0.39 is 0 Å². The molecule has 1 rings (SSSR count). The van der Waals surface area contributed by atoms with E-state index in [1.165, 1.54) is 0 Å². The van der Waals surface area contributed by atoms with E-state index in [0.717, 1.165) is 30.4 Å². The summed E-state index contributed by atoms with van der Waals surface area (Å²) in [6, 6.07) is 0. The predicted octanol–water partition coefficient (Wildman–Crippen LogP) is 2.88. The largest absolute Gasteiger partial charge is 0.295 e. The van der Waals surface area contributed by atoms with Gasteiger partial charge in [-0.3, -0.25) is 4.79 Å². The summed E-state index contributed by atoms with van der Waals surface area (Å²) in [4.78, 5) is 11.4. The highest BCUT2D eigenvalue weighted by Crippen LogP contribution is 2.31. The van der Waals surface area contributed by atoms with Crippen LogP contribution in [0.15, 0.2) is 23.8 Å². The monoisotopic (exact) mass is 164 g/mol. The fraction of sp³-hybridized carbons (Fsp3) is 0.545. The van der Waals surface area contributed by atoms with Crippen molar-refractivity contribution in [2.75, 3.05) is 0 Å². The van der Waals surface area contributed by atoms with Crippen molar-refractivity contribution in [3.8, 4) is 0 Å². The molecule has 0 bridgehead atoms. The van der Waals surface area contributed by atoms with Gasteiger partial charge in [-0.05, 0) is 32.3 Å². The Morgan fingerprint density at radius 1 is 1.67 bits per heavy atom. The number of Topliss-reactive ketones (excluding diaryl/α,β-unsaturated/α-hetero) is 1. The van der Waals surface area contributed by atoms with Gasteiger partial charge in [0.05, 0.1) is 0 Å². The van der Waals surface area contributed by atoms with Crippen LogP contribution in [0.25, 0.3) is 0 Å². The highest BCUT2D eigenvalue weighted by molar-refractivity contribution is 5.96. The Labute approximate surface area is 74.2 Å². The first kappa shape index (κ1) is 9.24. The average molecular weight is 164 g/mol. The molecule has 1 aliphatic rings. The van der Waals surface area contributed by atoms with E-state index >= 15 is 0 Å². The second-order valence-electron chi connectivity index (χ2n) is 3.46. The number of allylic oxidation sites excluding steroid dienone is 3. The van der Waals surface area contributed by atoms with Crippen LogP contribution in [-0.2, 0) is 4.79 Å². The molecule has 0 heterocycles. The van der Waals surface area contributed by atoms with Gasteiger partial charge in [0, 0.05) is 12.3 Å². The molecule has 0 aromatic rings. The highest BCUT2D eigenvalue weighted by Gasteiger charge is 2.24. The zero-order valence-corrected chi connectivity index (χ0v) is 7.89. The van der Waals surface area contributed by atoms with Crippen molar-refractivity contribution in [3.05, 3.63) is 23.8 Å². The third kappa shape index (κ3) is 1.66. The lowest BCUT2D eigenvalue weighted by Gasteiger charge is -2.24. The molecule has 0 radical (unpaired) electrons. The molecule has 0 aromatic heterocycles. The quantitative estimate of drug-likeness (QED) is 0.430. The SMILES string of the molecule is C=C(C)C1CCCC(=O)/C1=C/C. The summed E-state index contributed by atoms with van der Waals surface area (Å²) >= 11 is 0. The fourth-order valence-corrected chi connectivity index (χ4v) is 1.83. The van der Waals surface area contributed by atoms with Gasteiger partial charge in [0.25, 0.3) is 0 Å². The van der Waals surface area contributed by atoms with Crippen LogP contribution in [0.5, 0.6) is 0 Å². The first-order valence-electron chi connectivity index (χ1n) is 4.51. The smallest absolute Gasteiger partial charge is 0.159 e. The maximum absolute atomic E-state index is 11.4. The Morgan fingerprint density at radius 3 is 2.75 bits per heavy atom. The van der Waals surface area contributed by atoms with Crippen molar-refractivity contribution in [1.82, 2.24) is 0 Å². The van der Waals surface area contributed by atoms with Gasteiger partial charge in [0.1, 0.15) is 0 Å². The third-order valence-electron chi connectivity index (χ3n) is 2.50. The second-order valence-corrected chi connectivity index (χ2v) is 3.46. The number of carbonyl (C=O) groups is 1. The fourth-order valence-electron chi connectivity index (χ4n) is 1.83. The Kier molecular flexibility index (Phi) is 2.85. The first-order chi connectivity index (χ1) is 5.66. The summed E-state index contributed by atoms with van der Waals surface area (Å²) in [5, 5.41) is 0. The maximum atomic E-state index is 11.4. The Balaban J connectivity index is 2.86. The van der Waals surface area contributed by atoms with Crippen LogP contribution in [0.1, 0.15) is 33.1 Å². The third-order valence-corrected chi connectivity index (χ3v) is 2.50. The molecule has 0 spiro atoms. The number of hydrogen-bond acceptors (Lipinski definition) is 1. The summed E-state index contributed by atoms with van der Waals surface area (Å²) in [7, 11) is 0. The van der Waals surface area contributed by atoms with Crippen LogP contribution in [0.4, 0.5) is 0 Å². The van der Waals surface area contributed by atoms with E-state index in [2.05, 4.69) is 6.58 Å². The number of ketones is 1. The van der Waals surface area contributed by atoms with E-state index in [0.29, 0.717) is 11.7 Å². The van der Waals surface area contributed by atoms with Gasteiger partial charge in [0.2, 0.25) is 0 Å². The topological polar surface area (TPSA) is 17.1 Å². The Morgan fingerprint density at radius 2 is 2.33 bits per heavy atom. The number of rotatable bonds is 1. The number of carbonyl (C=O) groups excluding carboxylic acids is 1. The van der Waals surface area contributed by atoms with Crippen molar-refractivity contribution < 1.29 is 4.79 Å². The van der Waals surface area contributed by atoms with E-state index in [9.17, 15) is 4.79 Å². The van der Waals surface area contributed by atoms with Crippen LogP contribution in [0, 0.1) is 5.92 Å². The molecule has 0 amide bonds. The molecule has 12 heavy (non-hydrogen) atoms. The zero-order valence-electron chi connectivity index (χ0n) is 7.89. The van der Waals surface area contributed by atoms with Gasteiger partial charge in [-0.2, -0.15) is 0 Å². The van der Waals surface area contributed by atoms with Gasteiger partial charge < -0.3 is 0 Å². The van der Waals surface area contributed by atoms with E-state index in [1.54, 1.807) is 0 Å². The maximum Gasteiger partial charge on any atom is 0.159 e. The van der Waals surface area contributed by atoms with Gasteiger partial charge in [-0.25, -0.2) is 0 Å². The molecular weight excluding hydrogens is 148 g/mol. The van der Waals surface area contributed by atoms with Gasteiger partial charge in [0.15, 0.2) is 5.78 Å². The molecule has 1 unspecified atom stereocenters. The van der Waals surface area contributed by atoms with Gasteiger partial charge in [-0.15, -0.1) is 0 Å². The van der Waals surface area contributed by atoms with Gasteiger partial charge in [-0.1, -0.05) is 18.2 Å². The van der Waals surface area contributed by atoms with Crippen LogP contribution < -0.4 is 0 Å². The molecule has 1 fully saturated rings. The van der Waals surface area contributed by atoms with E-state index in [1.807, 2.05) is 19.9 Å². The minimum Gasteiger partial charge on any atom is -0.295 e. The molecule has 0 saturated heterocycles. The average Bonchev–Trinajstić information content (AvgIpc) is 2.03. The summed E-state index contributed by atoms with van der Waals surface area (Å²) in [5.74, 6) is 0.646.